The molecule has 0 spiro atoms. The van der Waals surface area contributed by atoms with Gasteiger partial charge in [0.25, 0.3) is 0 Å². The van der Waals surface area contributed by atoms with Gasteiger partial charge in [-0.05, 0) is 54.3 Å². The number of benzene rings is 2. The number of esters is 1. The third-order valence-corrected chi connectivity index (χ3v) is 4.36. The summed E-state index contributed by atoms with van der Waals surface area (Å²) in [5, 5.41) is 6.03. The van der Waals surface area contributed by atoms with Crippen molar-refractivity contribution in [3.8, 4) is 0 Å². The Kier molecular flexibility index (Phi) is 5.09. The summed E-state index contributed by atoms with van der Waals surface area (Å²) in [6, 6.07) is 12.6. The van der Waals surface area contributed by atoms with Crippen LogP contribution in [0.15, 0.2) is 48.5 Å². The Hall–Kier alpha value is -2.73. The van der Waals surface area contributed by atoms with E-state index in [0.717, 1.165) is 5.56 Å². The minimum Gasteiger partial charge on any atom is -0.465 e. The van der Waals surface area contributed by atoms with E-state index < -0.39 is 5.97 Å². The first-order chi connectivity index (χ1) is 12.1. The van der Waals surface area contributed by atoms with Gasteiger partial charge in [-0.3, -0.25) is 4.79 Å². The zero-order chi connectivity index (χ0) is 17.8. The molecule has 1 amide bonds. The van der Waals surface area contributed by atoms with Gasteiger partial charge in [0, 0.05) is 12.2 Å². The summed E-state index contributed by atoms with van der Waals surface area (Å²) in [5.74, 6) is -0.634. The van der Waals surface area contributed by atoms with E-state index in [1.807, 2.05) is 0 Å². The molecular weight excluding hydrogens is 323 g/mol. The van der Waals surface area contributed by atoms with Gasteiger partial charge in [0.1, 0.15) is 5.82 Å². The van der Waals surface area contributed by atoms with Gasteiger partial charge in [0.2, 0.25) is 5.91 Å². The molecule has 2 aromatic carbocycles. The molecule has 1 saturated heterocycles. The number of nitrogens with one attached hydrogen (secondary N) is 2. The number of hydrogen-bond donors (Lipinski definition) is 2. The Labute approximate surface area is 145 Å². The van der Waals surface area contributed by atoms with Gasteiger partial charge < -0.3 is 15.4 Å². The van der Waals surface area contributed by atoms with E-state index in [2.05, 4.69) is 15.4 Å². The number of anilines is 1. The van der Waals surface area contributed by atoms with E-state index >= 15 is 0 Å². The lowest BCUT2D eigenvalue weighted by molar-refractivity contribution is -0.117. The highest BCUT2D eigenvalue weighted by Crippen LogP contribution is 2.26. The Morgan fingerprint density at radius 3 is 2.44 bits per heavy atom. The van der Waals surface area contributed by atoms with E-state index in [0.29, 0.717) is 24.2 Å². The summed E-state index contributed by atoms with van der Waals surface area (Å²) in [6.45, 7) is 0.672. The maximum absolute atomic E-state index is 13.0. The number of hydrogen-bond acceptors (Lipinski definition) is 4. The first-order valence-electron chi connectivity index (χ1n) is 8.05. The second kappa shape index (κ2) is 7.44. The minimum absolute atomic E-state index is 0.129. The highest BCUT2D eigenvalue weighted by Gasteiger charge is 2.30. The largest absolute Gasteiger partial charge is 0.465 e. The van der Waals surface area contributed by atoms with Crippen LogP contribution in [0.3, 0.4) is 0 Å². The van der Waals surface area contributed by atoms with Crippen molar-refractivity contribution in [3.05, 3.63) is 65.5 Å². The number of ether oxygens (including phenoxy) is 1. The molecule has 0 aromatic heterocycles. The van der Waals surface area contributed by atoms with Crippen molar-refractivity contribution in [2.24, 2.45) is 0 Å². The fourth-order valence-corrected chi connectivity index (χ4v) is 2.96. The molecule has 1 heterocycles. The lowest BCUT2D eigenvalue weighted by atomic mass is 9.96. The summed E-state index contributed by atoms with van der Waals surface area (Å²) in [5.41, 5.74) is 2.06. The summed E-state index contributed by atoms with van der Waals surface area (Å²) < 4.78 is 17.7. The molecule has 1 fully saturated rings. The highest BCUT2D eigenvalue weighted by atomic mass is 19.1. The molecule has 3 rings (SSSR count). The molecule has 2 N–H and O–H groups in total. The van der Waals surface area contributed by atoms with Crippen molar-refractivity contribution in [1.82, 2.24) is 5.32 Å². The summed E-state index contributed by atoms with van der Waals surface area (Å²) >= 11 is 0. The van der Waals surface area contributed by atoms with Gasteiger partial charge >= 0.3 is 5.97 Å². The number of carbonyl (C=O) groups is 2. The normalized spacial score (nSPS) is 19.4. The second-order valence-corrected chi connectivity index (χ2v) is 6.00. The number of rotatable bonds is 4. The highest BCUT2D eigenvalue weighted by molar-refractivity contribution is 5.96. The van der Waals surface area contributed by atoms with Gasteiger partial charge in [-0.25, -0.2) is 9.18 Å². The topological polar surface area (TPSA) is 67.4 Å². The second-order valence-electron chi connectivity index (χ2n) is 6.00. The predicted molar refractivity (Wildman–Crippen MR) is 92.0 cm³/mol. The smallest absolute Gasteiger partial charge is 0.337 e. The molecule has 2 atom stereocenters. The molecule has 130 valence electrons. The summed E-state index contributed by atoms with van der Waals surface area (Å²) in [4.78, 5) is 23.8. The molecule has 25 heavy (non-hydrogen) atoms. The van der Waals surface area contributed by atoms with Crippen LogP contribution in [0.2, 0.25) is 0 Å². The maximum atomic E-state index is 13.0. The van der Waals surface area contributed by atoms with Crippen molar-refractivity contribution >= 4 is 17.6 Å². The van der Waals surface area contributed by atoms with Crippen molar-refractivity contribution in [2.75, 3.05) is 19.0 Å². The predicted octanol–water partition coefficient (Wildman–Crippen LogP) is 2.70. The third kappa shape index (κ3) is 4.03. The van der Waals surface area contributed by atoms with Gasteiger partial charge in [0.15, 0.2) is 0 Å². The van der Waals surface area contributed by atoms with Gasteiger partial charge in [-0.15, -0.1) is 0 Å². The third-order valence-electron chi connectivity index (χ3n) is 4.36. The van der Waals surface area contributed by atoms with Crippen LogP contribution < -0.4 is 10.6 Å². The average Bonchev–Trinajstić information content (AvgIpc) is 3.12. The Morgan fingerprint density at radius 1 is 1.12 bits per heavy atom. The van der Waals surface area contributed by atoms with Crippen molar-refractivity contribution < 1.29 is 18.7 Å². The number of halogens is 1. The van der Waals surface area contributed by atoms with Crippen LogP contribution in [0.4, 0.5) is 10.1 Å². The van der Waals surface area contributed by atoms with E-state index in [9.17, 15) is 14.0 Å². The van der Waals surface area contributed by atoms with Gasteiger partial charge in [-0.1, -0.05) is 12.1 Å². The lowest BCUT2D eigenvalue weighted by Gasteiger charge is -2.12. The number of carbonyl (C=O) groups excluding carboxylic acids is 2. The van der Waals surface area contributed by atoms with Crippen molar-refractivity contribution in [1.29, 1.82) is 0 Å². The summed E-state index contributed by atoms with van der Waals surface area (Å²) in [6.07, 6.45) is 0.651. The van der Waals surface area contributed by atoms with Crippen LogP contribution >= 0.6 is 0 Å². The molecule has 0 aliphatic carbocycles. The molecule has 1 aliphatic heterocycles. The average molecular weight is 342 g/mol. The first kappa shape index (κ1) is 17.1. The van der Waals surface area contributed by atoms with Crippen molar-refractivity contribution in [3.63, 3.8) is 0 Å². The van der Waals surface area contributed by atoms with E-state index in [1.54, 1.807) is 36.4 Å². The standard InChI is InChI=1S/C19H19FN2O3/c1-25-19(24)13-4-8-16(9-5-13)22-18(23)17-10-14(11-21-17)12-2-6-15(20)7-3-12/h2-9,14,17,21H,10-11H2,1H3,(H,22,23). The van der Waals surface area contributed by atoms with E-state index in [1.165, 1.54) is 19.2 Å². The fourth-order valence-electron chi connectivity index (χ4n) is 2.96. The quantitative estimate of drug-likeness (QED) is 0.839. The molecule has 6 heteroatoms. The molecule has 1 aliphatic rings. The molecule has 5 nitrogen and oxygen atoms in total. The first-order valence-corrected chi connectivity index (χ1v) is 8.05. The maximum Gasteiger partial charge on any atom is 0.337 e. The van der Waals surface area contributed by atoms with Crippen LogP contribution in [0.25, 0.3) is 0 Å². The van der Waals surface area contributed by atoms with Crippen LogP contribution in [0, 0.1) is 5.82 Å². The Balaban J connectivity index is 1.59. The zero-order valence-corrected chi connectivity index (χ0v) is 13.8. The molecule has 2 unspecified atom stereocenters. The van der Waals surface area contributed by atoms with Crippen LogP contribution in [0.1, 0.15) is 28.3 Å². The van der Waals surface area contributed by atoms with E-state index in [-0.39, 0.29) is 23.7 Å². The molecule has 0 saturated carbocycles. The van der Waals surface area contributed by atoms with Crippen LogP contribution in [-0.2, 0) is 9.53 Å². The van der Waals surface area contributed by atoms with Crippen LogP contribution in [-0.4, -0.2) is 31.6 Å². The monoisotopic (exact) mass is 342 g/mol. The lowest BCUT2D eigenvalue weighted by Crippen LogP contribution is -2.35. The molecular formula is C19H19FN2O3. The molecule has 0 bridgehead atoms. The molecule has 2 aromatic rings. The fraction of sp³-hybridized carbons (Fsp3) is 0.263. The SMILES string of the molecule is COC(=O)c1ccc(NC(=O)C2CC(c3ccc(F)cc3)CN2)cc1. The van der Waals surface area contributed by atoms with Crippen LogP contribution in [0.5, 0.6) is 0 Å². The van der Waals surface area contributed by atoms with Crippen molar-refractivity contribution in [2.45, 2.75) is 18.4 Å². The Morgan fingerprint density at radius 2 is 1.80 bits per heavy atom. The van der Waals surface area contributed by atoms with Gasteiger partial charge in [0.05, 0.1) is 18.7 Å². The minimum atomic E-state index is -0.419. The zero-order valence-electron chi connectivity index (χ0n) is 13.8. The Bertz CT molecular complexity index is 759. The summed E-state index contributed by atoms with van der Waals surface area (Å²) in [7, 11) is 1.32. The molecule has 0 radical (unpaired) electrons. The number of methoxy groups -OCH3 is 1. The van der Waals surface area contributed by atoms with Gasteiger partial charge in [-0.2, -0.15) is 0 Å². The number of amides is 1. The van der Waals surface area contributed by atoms with E-state index in [4.69, 9.17) is 0 Å².